The fourth-order valence-corrected chi connectivity index (χ4v) is 6.13. The molecule has 3 rings (SSSR count). The number of ether oxygens (including phenoxy) is 2. The lowest BCUT2D eigenvalue weighted by molar-refractivity contribution is -0.140. The van der Waals surface area contributed by atoms with Crippen LogP contribution in [0.5, 0.6) is 11.5 Å². The van der Waals surface area contributed by atoms with E-state index in [1.807, 2.05) is 36.4 Å². The molecule has 2 amide bonds. The van der Waals surface area contributed by atoms with E-state index in [-0.39, 0.29) is 37.3 Å². The first-order chi connectivity index (χ1) is 18.7. The molecule has 9 nitrogen and oxygen atoms in total. The van der Waals surface area contributed by atoms with E-state index in [4.69, 9.17) is 9.47 Å². The van der Waals surface area contributed by atoms with Crippen LogP contribution < -0.4 is 14.8 Å². The van der Waals surface area contributed by atoms with Crippen molar-refractivity contribution < 1.29 is 34.1 Å². The van der Waals surface area contributed by atoms with Crippen molar-refractivity contribution >= 4 is 40.7 Å². The molecule has 1 saturated carbocycles. The average Bonchev–Trinajstić information content (AvgIpc) is 2.92. The lowest BCUT2D eigenvalue weighted by Crippen LogP contribution is -2.56. The molecule has 3 unspecified atom stereocenters. The molecule has 0 saturated heterocycles. The second-order valence-corrected chi connectivity index (χ2v) is 12.0. The normalized spacial score (nSPS) is 21.7. The van der Waals surface area contributed by atoms with Crippen molar-refractivity contribution in [1.82, 2.24) is 10.2 Å². The Hall–Kier alpha value is -2.18. The summed E-state index contributed by atoms with van der Waals surface area (Å²) in [5.41, 5.74) is 0.802. The van der Waals surface area contributed by atoms with Crippen molar-refractivity contribution in [3.05, 3.63) is 32.9 Å². The molecule has 0 heterocycles. The summed E-state index contributed by atoms with van der Waals surface area (Å²) < 4.78 is 12.4. The first kappa shape index (κ1) is 31.3. The highest BCUT2D eigenvalue weighted by Gasteiger charge is 2.41. The number of aliphatic hydroxyl groups is 2. The van der Waals surface area contributed by atoms with Crippen LogP contribution in [0.4, 0.5) is 0 Å². The van der Waals surface area contributed by atoms with E-state index in [9.17, 15) is 24.6 Å². The molecule has 0 aromatic heterocycles. The molecule has 2 aliphatic rings. The Bertz CT molecular complexity index is 1040. The van der Waals surface area contributed by atoms with E-state index in [1.165, 1.54) is 13.5 Å². The molecule has 0 aliphatic heterocycles. The van der Waals surface area contributed by atoms with E-state index in [1.54, 1.807) is 23.1 Å². The van der Waals surface area contributed by atoms with E-state index in [2.05, 4.69) is 5.32 Å². The summed E-state index contributed by atoms with van der Waals surface area (Å²) in [6.07, 6.45) is 6.27. The number of aliphatic hydroxyl groups excluding tert-OH is 2. The summed E-state index contributed by atoms with van der Waals surface area (Å²) in [6, 6.07) is 2.54. The van der Waals surface area contributed by atoms with Crippen LogP contribution in [0.15, 0.2) is 23.8 Å². The van der Waals surface area contributed by atoms with Gasteiger partial charge < -0.3 is 29.9 Å². The van der Waals surface area contributed by atoms with Crippen LogP contribution in [-0.4, -0.2) is 78.3 Å². The molecule has 3 atom stereocenters. The van der Waals surface area contributed by atoms with Gasteiger partial charge in [0.15, 0.2) is 11.5 Å². The van der Waals surface area contributed by atoms with Crippen LogP contribution in [0.3, 0.4) is 0 Å². The van der Waals surface area contributed by atoms with E-state index in [0.717, 1.165) is 25.7 Å². The number of nitrogens with one attached hydrogen (secondary N) is 1. The summed E-state index contributed by atoms with van der Waals surface area (Å²) in [4.78, 5) is 39.8. The predicted molar refractivity (Wildman–Crippen MR) is 156 cm³/mol. The van der Waals surface area contributed by atoms with Crippen LogP contribution in [0, 0.1) is 15.4 Å². The monoisotopic (exact) mass is 656 g/mol. The van der Waals surface area contributed by atoms with Crippen molar-refractivity contribution in [3.8, 4) is 11.5 Å². The molecule has 1 aromatic rings. The van der Waals surface area contributed by atoms with Crippen LogP contribution >= 0.6 is 22.6 Å². The molecule has 2 aliphatic carbocycles. The number of benzene rings is 1. The highest BCUT2D eigenvalue weighted by Crippen LogP contribution is 2.37. The molecule has 0 radical (unpaired) electrons. The van der Waals surface area contributed by atoms with Gasteiger partial charge in [0.05, 0.1) is 23.3 Å². The van der Waals surface area contributed by atoms with Crippen molar-refractivity contribution in [1.29, 1.82) is 0 Å². The third-order valence-corrected chi connectivity index (χ3v) is 8.14. The van der Waals surface area contributed by atoms with Gasteiger partial charge in [-0.25, -0.2) is 0 Å². The minimum Gasteiger partial charge on any atom is -0.493 e. The zero-order chi connectivity index (χ0) is 28.5. The maximum Gasteiger partial charge on any atom is 0.247 e. The first-order valence-electron chi connectivity index (χ1n) is 13.7. The summed E-state index contributed by atoms with van der Waals surface area (Å²) in [7, 11) is 1.47. The summed E-state index contributed by atoms with van der Waals surface area (Å²) in [5.74, 6) is 0.736. The van der Waals surface area contributed by atoms with Gasteiger partial charge in [-0.05, 0) is 65.5 Å². The topological polar surface area (TPSA) is 125 Å². The highest BCUT2D eigenvalue weighted by atomic mass is 127. The SMILES string of the molecule is COc1cc(C=O)cc(I)c1OC1C=C(C(=O)NCCO)CC(N(CC2CCCCC2)C(=O)CC(C)C)C1O. The Morgan fingerprint density at radius 1 is 1.23 bits per heavy atom. The average molecular weight is 657 g/mol. The van der Waals surface area contributed by atoms with E-state index in [0.29, 0.717) is 51.4 Å². The fraction of sp³-hybridized carbons (Fsp3) is 0.621. The predicted octanol–water partition coefficient (Wildman–Crippen LogP) is 3.48. The van der Waals surface area contributed by atoms with Crippen molar-refractivity contribution in [2.24, 2.45) is 11.8 Å². The van der Waals surface area contributed by atoms with Gasteiger partial charge in [0, 0.05) is 37.1 Å². The highest BCUT2D eigenvalue weighted by molar-refractivity contribution is 14.1. The number of hydrogen-bond acceptors (Lipinski definition) is 7. The number of rotatable bonds is 12. The molecular weight excluding hydrogens is 615 g/mol. The number of hydrogen-bond donors (Lipinski definition) is 3. The van der Waals surface area contributed by atoms with Gasteiger partial charge in [-0.2, -0.15) is 0 Å². The van der Waals surface area contributed by atoms with Gasteiger partial charge in [-0.1, -0.05) is 33.1 Å². The molecule has 0 spiro atoms. The van der Waals surface area contributed by atoms with Gasteiger partial charge in [-0.15, -0.1) is 0 Å². The molecule has 1 aromatic carbocycles. The van der Waals surface area contributed by atoms with Gasteiger partial charge in [0.25, 0.3) is 0 Å². The maximum absolute atomic E-state index is 13.6. The number of amides is 2. The lowest BCUT2D eigenvalue weighted by Gasteiger charge is -2.42. The van der Waals surface area contributed by atoms with E-state index < -0.39 is 18.2 Å². The second-order valence-electron chi connectivity index (χ2n) is 10.8. The Kier molecular flexibility index (Phi) is 12.1. The van der Waals surface area contributed by atoms with Crippen LogP contribution in [0.1, 0.15) is 69.2 Å². The molecular formula is C29H41IN2O7. The molecule has 216 valence electrons. The summed E-state index contributed by atoms with van der Waals surface area (Å²) >= 11 is 2.04. The summed E-state index contributed by atoms with van der Waals surface area (Å²) in [6.45, 7) is 4.39. The van der Waals surface area contributed by atoms with E-state index >= 15 is 0 Å². The molecule has 1 fully saturated rings. The second kappa shape index (κ2) is 15.0. The van der Waals surface area contributed by atoms with Crippen molar-refractivity contribution in [2.75, 3.05) is 26.8 Å². The number of nitrogens with zero attached hydrogens (tertiary/aromatic N) is 1. The quantitative estimate of drug-likeness (QED) is 0.233. The Morgan fingerprint density at radius 2 is 1.95 bits per heavy atom. The zero-order valence-corrected chi connectivity index (χ0v) is 25.2. The van der Waals surface area contributed by atoms with Gasteiger partial charge in [-0.3, -0.25) is 14.4 Å². The maximum atomic E-state index is 13.6. The first-order valence-corrected chi connectivity index (χ1v) is 14.8. The zero-order valence-electron chi connectivity index (χ0n) is 23.0. The minimum absolute atomic E-state index is 0.0436. The Morgan fingerprint density at radius 3 is 2.56 bits per heavy atom. The smallest absolute Gasteiger partial charge is 0.247 e. The summed E-state index contributed by atoms with van der Waals surface area (Å²) in [5, 5.41) is 23.6. The number of carbonyl (C=O) groups excluding carboxylic acids is 3. The van der Waals surface area contributed by atoms with Crippen molar-refractivity contribution in [2.45, 2.75) is 77.0 Å². The molecule has 39 heavy (non-hydrogen) atoms. The van der Waals surface area contributed by atoms with Gasteiger partial charge >= 0.3 is 0 Å². The fourth-order valence-electron chi connectivity index (χ4n) is 5.37. The Balaban J connectivity index is 1.99. The third-order valence-electron chi connectivity index (χ3n) is 7.34. The van der Waals surface area contributed by atoms with Gasteiger partial charge in [0.1, 0.15) is 18.5 Å². The molecule has 0 bridgehead atoms. The largest absolute Gasteiger partial charge is 0.493 e. The van der Waals surface area contributed by atoms with Crippen LogP contribution in [-0.2, 0) is 9.59 Å². The van der Waals surface area contributed by atoms with Crippen LogP contribution in [0.25, 0.3) is 0 Å². The minimum atomic E-state index is -1.11. The molecule has 10 heteroatoms. The van der Waals surface area contributed by atoms with Gasteiger partial charge in [0.2, 0.25) is 11.8 Å². The third kappa shape index (κ3) is 8.40. The number of aldehydes is 1. The standard InChI is InChI=1S/C29H41IN2O7/c1-18(2)11-26(35)32(16-19-7-5-4-6-8-19)23-14-21(29(37)31-9-10-33)15-24(27(23)36)39-28-22(30)12-20(17-34)13-25(28)38-3/h12-13,15,17-19,23-24,27,33,36H,4-11,14,16H2,1-3H3,(H,31,37). The number of carbonyl (C=O) groups is 3. The Labute approximate surface area is 244 Å². The number of methoxy groups -OCH3 is 1. The lowest BCUT2D eigenvalue weighted by atomic mass is 9.85. The molecule has 3 N–H and O–H groups in total. The van der Waals surface area contributed by atoms with Crippen molar-refractivity contribution in [3.63, 3.8) is 0 Å². The van der Waals surface area contributed by atoms with Crippen LogP contribution in [0.2, 0.25) is 0 Å². The number of halogens is 1.